The lowest BCUT2D eigenvalue weighted by Crippen LogP contribution is -2.13. The molecule has 0 saturated heterocycles. The third-order valence-corrected chi connectivity index (χ3v) is 2.95. The molecule has 0 unspecified atom stereocenters. The van der Waals surface area contributed by atoms with E-state index in [-0.39, 0.29) is 17.2 Å². The molecule has 6 heteroatoms. The molecule has 1 aromatic heterocycles. The summed E-state index contributed by atoms with van der Waals surface area (Å²) in [6, 6.07) is 1.11. The Morgan fingerprint density at radius 3 is 2.59 bits per heavy atom. The van der Waals surface area contributed by atoms with Crippen LogP contribution in [0.25, 0.3) is 0 Å². The van der Waals surface area contributed by atoms with Crippen LogP contribution in [0.15, 0.2) is 6.07 Å². The highest BCUT2D eigenvalue weighted by atomic mass is 35.5. The van der Waals surface area contributed by atoms with Gasteiger partial charge in [0.15, 0.2) is 0 Å². The maximum atomic E-state index is 13.0. The number of carbonyl (C=O) groups is 1. The highest BCUT2D eigenvalue weighted by molar-refractivity contribution is 6.21. The zero-order valence-electron chi connectivity index (χ0n) is 9.01. The van der Waals surface area contributed by atoms with Crippen molar-refractivity contribution in [3.63, 3.8) is 0 Å². The smallest absolute Gasteiger partial charge is 0.364 e. The highest BCUT2D eigenvalue weighted by Crippen LogP contribution is 2.44. The van der Waals surface area contributed by atoms with Gasteiger partial charge in [0.1, 0.15) is 5.69 Å². The maximum absolute atomic E-state index is 13.0. The molecule has 1 heterocycles. The summed E-state index contributed by atoms with van der Waals surface area (Å²) in [4.78, 5) is 14.6. The second-order valence-electron chi connectivity index (χ2n) is 4.13. The Bertz CT molecular complexity index is 481. The number of aromatic nitrogens is 1. The number of alkyl halides is 3. The normalized spacial score (nSPS) is 16.0. The van der Waals surface area contributed by atoms with Crippen molar-refractivity contribution in [3.8, 4) is 0 Å². The van der Waals surface area contributed by atoms with Crippen molar-refractivity contribution in [1.82, 2.24) is 4.98 Å². The average molecular weight is 262 g/mol. The Morgan fingerprint density at radius 1 is 1.59 bits per heavy atom. The van der Waals surface area contributed by atoms with Gasteiger partial charge in [-0.3, -0.25) is 0 Å². The fourth-order valence-corrected chi connectivity index (χ4v) is 1.93. The van der Waals surface area contributed by atoms with Crippen LogP contribution >= 0.6 is 11.6 Å². The van der Waals surface area contributed by atoms with E-state index in [9.17, 15) is 13.6 Å². The van der Waals surface area contributed by atoms with Gasteiger partial charge in [0.25, 0.3) is 0 Å². The molecule has 92 valence electrons. The summed E-state index contributed by atoms with van der Waals surface area (Å²) >= 11 is 4.92. The Kier molecular flexibility index (Phi) is 2.81. The molecule has 0 spiro atoms. The third-order valence-electron chi connectivity index (χ3n) is 2.75. The van der Waals surface area contributed by atoms with Crippen molar-refractivity contribution in [2.75, 3.05) is 0 Å². The first-order valence-corrected chi connectivity index (χ1v) is 5.50. The number of carboxylic acid groups (broad SMARTS) is 1. The molecular weight excluding hydrogens is 252 g/mol. The van der Waals surface area contributed by atoms with E-state index in [0.717, 1.165) is 18.9 Å². The van der Waals surface area contributed by atoms with Crippen LogP contribution in [0.3, 0.4) is 0 Å². The third kappa shape index (κ3) is 2.39. The number of hydrogen-bond acceptors (Lipinski definition) is 2. The van der Waals surface area contributed by atoms with Gasteiger partial charge in [-0.2, -0.15) is 8.78 Å². The maximum Gasteiger partial charge on any atom is 0.364 e. The molecule has 0 bridgehead atoms. The van der Waals surface area contributed by atoms with Crippen molar-refractivity contribution < 1.29 is 18.7 Å². The van der Waals surface area contributed by atoms with Crippen LogP contribution in [0.4, 0.5) is 8.78 Å². The van der Waals surface area contributed by atoms with Crippen molar-refractivity contribution in [2.24, 2.45) is 0 Å². The quantitative estimate of drug-likeness (QED) is 0.850. The van der Waals surface area contributed by atoms with E-state index >= 15 is 0 Å². The van der Waals surface area contributed by atoms with Gasteiger partial charge in [-0.05, 0) is 48.9 Å². The Labute approximate surface area is 101 Å². The SMILES string of the molecule is Cc1nc(C(F)(F)Cl)cc(C2CC2)c1C(=O)O. The zero-order valence-corrected chi connectivity index (χ0v) is 9.76. The topological polar surface area (TPSA) is 50.2 Å². The predicted octanol–water partition coefficient (Wildman–Crippen LogP) is 3.25. The fraction of sp³-hybridized carbons (Fsp3) is 0.455. The molecule has 0 amide bonds. The molecule has 2 rings (SSSR count). The summed E-state index contributed by atoms with van der Waals surface area (Å²) in [5, 5.41) is 5.49. The van der Waals surface area contributed by atoms with Crippen molar-refractivity contribution in [1.29, 1.82) is 0 Å². The fourth-order valence-electron chi connectivity index (χ4n) is 1.84. The molecule has 0 aliphatic heterocycles. The minimum absolute atomic E-state index is 0.0252. The first kappa shape index (κ1) is 12.2. The van der Waals surface area contributed by atoms with Crippen LogP contribution in [-0.2, 0) is 5.38 Å². The molecular formula is C11H10ClF2NO2. The van der Waals surface area contributed by atoms with E-state index in [0.29, 0.717) is 5.56 Å². The van der Waals surface area contributed by atoms with Crippen LogP contribution in [0.5, 0.6) is 0 Å². The Balaban J connectivity index is 2.60. The van der Waals surface area contributed by atoms with Crippen LogP contribution in [-0.4, -0.2) is 16.1 Å². The summed E-state index contributed by atoms with van der Waals surface area (Å²) in [5.41, 5.74) is -0.0571. The van der Waals surface area contributed by atoms with Crippen LogP contribution in [0.1, 0.15) is 46.1 Å². The highest BCUT2D eigenvalue weighted by Gasteiger charge is 2.35. The molecule has 17 heavy (non-hydrogen) atoms. The summed E-state index contributed by atoms with van der Waals surface area (Å²) in [5.74, 6) is -1.10. The monoisotopic (exact) mass is 261 g/mol. The van der Waals surface area contributed by atoms with Gasteiger partial charge in [0, 0.05) is 0 Å². The van der Waals surface area contributed by atoms with Gasteiger partial charge in [-0.15, -0.1) is 0 Å². The summed E-state index contributed by atoms with van der Waals surface area (Å²) in [7, 11) is 0. The first-order valence-electron chi connectivity index (χ1n) is 5.12. The molecule has 1 aliphatic rings. The van der Waals surface area contributed by atoms with Gasteiger partial charge in [-0.1, -0.05) is 0 Å². The number of rotatable bonds is 3. The summed E-state index contributed by atoms with van der Waals surface area (Å²) in [6.07, 6.45) is 1.63. The van der Waals surface area contributed by atoms with Crippen LogP contribution in [0, 0.1) is 6.92 Å². The Morgan fingerprint density at radius 2 is 2.18 bits per heavy atom. The standard InChI is InChI=1S/C11H10ClF2NO2/c1-5-9(10(16)17)7(6-2-3-6)4-8(15-5)11(12,13)14/h4,6H,2-3H2,1H3,(H,16,17). The number of pyridine rings is 1. The molecule has 1 aliphatic carbocycles. The zero-order chi connectivity index (χ0) is 12.8. The first-order chi connectivity index (χ1) is 7.80. The summed E-state index contributed by atoms with van der Waals surface area (Å²) in [6.45, 7) is 1.40. The molecule has 0 radical (unpaired) electrons. The number of carboxylic acids is 1. The molecule has 1 fully saturated rings. The molecule has 1 N–H and O–H groups in total. The second-order valence-corrected chi connectivity index (χ2v) is 4.61. The predicted molar refractivity (Wildman–Crippen MR) is 57.7 cm³/mol. The lowest BCUT2D eigenvalue weighted by Gasteiger charge is -2.13. The van der Waals surface area contributed by atoms with E-state index in [2.05, 4.69) is 4.98 Å². The molecule has 0 aromatic carbocycles. The van der Waals surface area contributed by atoms with Gasteiger partial charge in [0.2, 0.25) is 0 Å². The minimum atomic E-state index is -3.56. The molecule has 1 aromatic rings. The van der Waals surface area contributed by atoms with Crippen molar-refractivity contribution >= 4 is 17.6 Å². The summed E-state index contributed by atoms with van der Waals surface area (Å²) < 4.78 is 26.0. The number of aryl methyl sites for hydroxylation is 1. The van der Waals surface area contributed by atoms with Gasteiger partial charge in [-0.25, -0.2) is 9.78 Å². The molecule has 1 saturated carbocycles. The number of aromatic carboxylic acids is 1. The number of nitrogens with zero attached hydrogens (tertiary/aromatic N) is 1. The van der Waals surface area contributed by atoms with E-state index in [4.69, 9.17) is 16.7 Å². The molecule has 3 nitrogen and oxygen atoms in total. The van der Waals surface area contributed by atoms with Gasteiger partial charge >= 0.3 is 11.4 Å². The van der Waals surface area contributed by atoms with E-state index in [1.165, 1.54) is 6.92 Å². The average Bonchev–Trinajstić information content (AvgIpc) is 2.96. The van der Waals surface area contributed by atoms with Crippen molar-refractivity contribution in [2.45, 2.75) is 31.1 Å². The molecule has 0 atom stereocenters. The lowest BCUT2D eigenvalue weighted by atomic mass is 10.0. The van der Waals surface area contributed by atoms with Gasteiger partial charge in [0.05, 0.1) is 11.3 Å². The van der Waals surface area contributed by atoms with Crippen LogP contribution in [0.2, 0.25) is 0 Å². The second kappa shape index (κ2) is 3.91. The number of halogens is 3. The van der Waals surface area contributed by atoms with Gasteiger partial charge < -0.3 is 5.11 Å². The minimum Gasteiger partial charge on any atom is -0.478 e. The van der Waals surface area contributed by atoms with E-state index in [1.54, 1.807) is 0 Å². The van der Waals surface area contributed by atoms with Crippen molar-refractivity contribution in [3.05, 3.63) is 28.6 Å². The Hall–Kier alpha value is -1.23. The van der Waals surface area contributed by atoms with Crippen LogP contribution < -0.4 is 0 Å². The van der Waals surface area contributed by atoms with E-state index < -0.39 is 17.0 Å². The largest absolute Gasteiger partial charge is 0.478 e. The lowest BCUT2D eigenvalue weighted by molar-refractivity contribution is 0.0690. The van der Waals surface area contributed by atoms with E-state index in [1.807, 2.05) is 0 Å². The number of hydrogen-bond donors (Lipinski definition) is 1.